The molecule has 2 rings (SSSR count). The van der Waals surface area contributed by atoms with Gasteiger partial charge >= 0.3 is 0 Å². The second-order valence-corrected chi connectivity index (χ2v) is 5.93. The van der Waals surface area contributed by atoms with E-state index in [9.17, 15) is 4.79 Å². The zero-order chi connectivity index (χ0) is 15.2. The highest BCUT2D eigenvalue weighted by atomic mass is 32.2. The summed E-state index contributed by atoms with van der Waals surface area (Å²) in [7, 11) is 0. The molecule has 2 aromatic carbocycles. The van der Waals surface area contributed by atoms with Gasteiger partial charge in [-0.15, -0.1) is 11.8 Å². The van der Waals surface area contributed by atoms with Crippen molar-refractivity contribution in [1.82, 2.24) is 0 Å². The number of carbonyl (C=O) groups excluding carboxylic acids is 1. The fraction of sp³-hybridized carbons (Fsp3) is 0.125. The van der Waals surface area contributed by atoms with Gasteiger partial charge in [0.1, 0.15) is 0 Å². The molecule has 0 aromatic heterocycles. The van der Waals surface area contributed by atoms with Gasteiger partial charge in [-0.2, -0.15) is 0 Å². The van der Waals surface area contributed by atoms with Crippen LogP contribution in [0, 0.1) is 0 Å². The van der Waals surface area contributed by atoms with Crippen LogP contribution in [0.3, 0.4) is 0 Å². The normalized spacial score (nSPS) is 10.1. The minimum absolute atomic E-state index is 0.130. The lowest BCUT2D eigenvalue weighted by molar-refractivity contribution is 0.102. The molecule has 0 bridgehead atoms. The van der Waals surface area contributed by atoms with E-state index >= 15 is 0 Å². The molecule has 0 spiro atoms. The Morgan fingerprint density at radius 3 is 2.57 bits per heavy atom. The van der Waals surface area contributed by atoms with Crippen molar-refractivity contribution in [2.75, 3.05) is 11.6 Å². The number of hydrogen-bond donors (Lipinski definition) is 2. The minimum Gasteiger partial charge on any atom is -0.393 e. The molecule has 0 fully saturated rings. The maximum Gasteiger partial charge on any atom is 0.255 e. The number of nitrogens with two attached hydrogens (primary N) is 1. The van der Waals surface area contributed by atoms with Gasteiger partial charge in [-0.25, -0.2) is 0 Å². The smallest absolute Gasteiger partial charge is 0.255 e. The van der Waals surface area contributed by atoms with Crippen LogP contribution in [-0.2, 0) is 6.42 Å². The van der Waals surface area contributed by atoms with E-state index in [0.29, 0.717) is 17.0 Å². The first-order valence-electron chi connectivity index (χ1n) is 6.41. The van der Waals surface area contributed by atoms with Crippen molar-refractivity contribution in [3.05, 3.63) is 59.7 Å². The van der Waals surface area contributed by atoms with E-state index in [1.807, 2.05) is 42.7 Å². The van der Waals surface area contributed by atoms with Gasteiger partial charge in [-0.1, -0.05) is 30.4 Å². The van der Waals surface area contributed by atoms with Crippen molar-refractivity contribution < 1.29 is 4.79 Å². The van der Waals surface area contributed by atoms with Crippen molar-refractivity contribution in [3.8, 4) is 0 Å². The summed E-state index contributed by atoms with van der Waals surface area (Å²) in [4.78, 5) is 13.7. The molecule has 0 saturated heterocycles. The number of benzene rings is 2. The Labute approximate surface area is 133 Å². The molecule has 21 heavy (non-hydrogen) atoms. The van der Waals surface area contributed by atoms with Gasteiger partial charge in [-0.05, 0) is 42.2 Å². The summed E-state index contributed by atoms with van der Waals surface area (Å²) in [5, 5.41) is 2.89. The zero-order valence-corrected chi connectivity index (χ0v) is 13.3. The first-order valence-corrected chi connectivity index (χ1v) is 8.04. The van der Waals surface area contributed by atoms with E-state index in [0.717, 1.165) is 16.1 Å². The molecule has 1 amide bonds. The molecule has 3 nitrogen and oxygen atoms in total. The molecule has 0 aliphatic rings. The van der Waals surface area contributed by atoms with Crippen molar-refractivity contribution in [2.24, 2.45) is 5.73 Å². The van der Waals surface area contributed by atoms with E-state index in [1.165, 1.54) is 0 Å². The van der Waals surface area contributed by atoms with Crippen LogP contribution >= 0.6 is 24.0 Å². The van der Waals surface area contributed by atoms with E-state index in [-0.39, 0.29) is 5.91 Å². The summed E-state index contributed by atoms with van der Waals surface area (Å²) >= 11 is 6.51. The summed E-state index contributed by atoms with van der Waals surface area (Å²) in [6, 6.07) is 15.0. The molecule has 2 aromatic rings. The maximum atomic E-state index is 12.2. The Balaban J connectivity index is 2.07. The van der Waals surface area contributed by atoms with Crippen LogP contribution in [0.25, 0.3) is 0 Å². The maximum absolute atomic E-state index is 12.2. The standard InChI is InChI=1S/C16H16N2OS2/c1-21-14-4-2-3-13(10-14)18-16(19)12-7-5-11(6-8-12)9-15(17)20/h2-8,10H,9H2,1H3,(H2,17,20)(H,18,19). The monoisotopic (exact) mass is 316 g/mol. The first kappa shape index (κ1) is 15.5. The quantitative estimate of drug-likeness (QED) is 0.655. The number of thioether (sulfide) groups is 1. The van der Waals surface area contributed by atoms with Gasteiger partial charge in [0.2, 0.25) is 0 Å². The van der Waals surface area contributed by atoms with Crippen LogP contribution in [0.1, 0.15) is 15.9 Å². The Morgan fingerprint density at radius 2 is 1.95 bits per heavy atom. The van der Waals surface area contributed by atoms with Crippen LogP contribution in [0.4, 0.5) is 5.69 Å². The number of rotatable bonds is 5. The molecule has 0 saturated carbocycles. The first-order chi connectivity index (χ1) is 10.1. The van der Waals surface area contributed by atoms with Crippen LogP contribution in [-0.4, -0.2) is 17.2 Å². The molecular weight excluding hydrogens is 300 g/mol. The molecule has 3 N–H and O–H groups in total. The van der Waals surface area contributed by atoms with E-state index in [4.69, 9.17) is 18.0 Å². The molecule has 0 unspecified atom stereocenters. The van der Waals surface area contributed by atoms with Crippen molar-refractivity contribution >= 4 is 40.6 Å². The third-order valence-electron chi connectivity index (χ3n) is 2.92. The fourth-order valence-corrected chi connectivity index (χ4v) is 2.51. The summed E-state index contributed by atoms with van der Waals surface area (Å²) in [6.07, 6.45) is 2.55. The molecule has 108 valence electrons. The van der Waals surface area contributed by atoms with Crippen LogP contribution in [0.2, 0.25) is 0 Å². The zero-order valence-electron chi connectivity index (χ0n) is 11.6. The molecule has 0 aliphatic carbocycles. The third kappa shape index (κ3) is 4.58. The lowest BCUT2D eigenvalue weighted by atomic mass is 10.1. The Morgan fingerprint density at radius 1 is 1.24 bits per heavy atom. The predicted octanol–water partition coefficient (Wildman–Crippen LogP) is 3.49. The molecule has 0 radical (unpaired) electrons. The van der Waals surface area contributed by atoms with Crippen molar-refractivity contribution in [1.29, 1.82) is 0 Å². The molecule has 5 heteroatoms. The Hall–Kier alpha value is -1.85. The average molecular weight is 316 g/mol. The number of amides is 1. The number of nitrogens with one attached hydrogen (secondary N) is 1. The molecule has 0 atom stereocenters. The van der Waals surface area contributed by atoms with E-state index in [2.05, 4.69) is 5.32 Å². The van der Waals surface area contributed by atoms with Crippen LogP contribution < -0.4 is 11.1 Å². The Bertz CT molecular complexity index is 654. The van der Waals surface area contributed by atoms with Gasteiger partial charge in [0.15, 0.2) is 0 Å². The van der Waals surface area contributed by atoms with Crippen LogP contribution in [0.5, 0.6) is 0 Å². The van der Waals surface area contributed by atoms with Gasteiger partial charge in [-0.3, -0.25) is 4.79 Å². The average Bonchev–Trinajstić information content (AvgIpc) is 2.47. The third-order valence-corrected chi connectivity index (χ3v) is 3.79. The topological polar surface area (TPSA) is 55.1 Å². The van der Waals surface area contributed by atoms with E-state index < -0.39 is 0 Å². The number of anilines is 1. The van der Waals surface area contributed by atoms with Gasteiger partial charge in [0.25, 0.3) is 5.91 Å². The summed E-state index contributed by atoms with van der Waals surface area (Å²) < 4.78 is 0. The summed E-state index contributed by atoms with van der Waals surface area (Å²) in [6.45, 7) is 0. The summed E-state index contributed by atoms with van der Waals surface area (Å²) in [5.74, 6) is -0.130. The van der Waals surface area contributed by atoms with Gasteiger partial charge in [0.05, 0.1) is 4.99 Å². The number of carbonyl (C=O) groups is 1. The van der Waals surface area contributed by atoms with Gasteiger partial charge < -0.3 is 11.1 Å². The highest BCUT2D eigenvalue weighted by Crippen LogP contribution is 2.19. The lowest BCUT2D eigenvalue weighted by Gasteiger charge is -2.07. The largest absolute Gasteiger partial charge is 0.393 e. The number of hydrogen-bond acceptors (Lipinski definition) is 3. The lowest BCUT2D eigenvalue weighted by Crippen LogP contribution is -2.13. The summed E-state index contributed by atoms with van der Waals surface area (Å²) in [5.41, 5.74) is 7.90. The SMILES string of the molecule is CSc1cccc(NC(=O)c2ccc(CC(N)=S)cc2)c1. The fourth-order valence-electron chi connectivity index (χ4n) is 1.88. The van der Waals surface area contributed by atoms with Crippen molar-refractivity contribution in [3.63, 3.8) is 0 Å². The molecule has 0 aliphatic heterocycles. The second-order valence-electron chi connectivity index (χ2n) is 4.53. The Kier molecular flexibility index (Phi) is 5.36. The number of thiocarbonyl (C=S) groups is 1. The highest BCUT2D eigenvalue weighted by molar-refractivity contribution is 7.98. The minimum atomic E-state index is -0.130. The van der Waals surface area contributed by atoms with Gasteiger partial charge in [0, 0.05) is 22.6 Å². The van der Waals surface area contributed by atoms with E-state index in [1.54, 1.807) is 23.9 Å². The second kappa shape index (κ2) is 7.24. The molecule has 0 heterocycles. The predicted molar refractivity (Wildman–Crippen MR) is 93.1 cm³/mol. The molecular formula is C16H16N2OS2. The van der Waals surface area contributed by atoms with Crippen LogP contribution in [0.15, 0.2) is 53.4 Å². The highest BCUT2D eigenvalue weighted by Gasteiger charge is 2.06. The van der Waals surface area contributed by atoms with Crippen molar-refractivity contribution in [2.45, 2.75) is 11.3 Å².